The van der Waals surface area contributed by atoms with Crippen LogP contribution in [0.15, 0.2) is 48.5 Å². The molecule has 0 aliphatic heterocycles. The van der Waals surface area contributed by atoms with Gasteiger partial charge in [0.25, 0.3) is 0 Å². The molecular weight excluding hydrogens is 371 g/mol. The van der Waals surface area contributed by atoms with Crippen LogP contribution in [0.25, 0.3) is 0 Å². The number of nitrogens with one attached hydrogen (secondary N) is 1. The highest BCUT2D eigenvalue weighted by Gasteiger charge is 2.26. The van der Waals surface area contributed by atoms with Crippen LogP contribution in [0.2, 0.25) is 10.0 Å². The number of benzene rings is 2. The Hall–Kier alpha value is -2.04. The molecule has 0 heterocycles. The molecule has 0 bridgehead atoms. The van der Waals surface area contributed by atoms with Gasteiger partial charge in [0.1, 0.15) is 6.04 Å². The molecule has 4 nitrogen and oxygen atoms in total. The number of carbonyl (C=O) groups excluding carboxylic acids is 2. The van der Waals surface area contributed by atoms with Gasteiger partial charge in [-0.1, -0.05) is 59.6 Å². The standard InChI is InChI=1S/C20H22Cl2N2O2/c1-3-23-20(26)14(2)24(13-15-7-5-4-6-8-15)19(25)11-16-9-10-17(21)12-18(16)22/h4-10,12,14H,3,11,13H2,1-2H3,(H,23,26). The Morgan fingerprint density at radius 1 is 1.12 bits per heavy atom. The number of hydrogen-bond donors (Lipinski definition) is 1. The van der Waals surface area contributed by atoms with Crippen LogP contribution in [0.4, 0.5) is 0 Å². The second-order valence-corrected chi connectivity index (χ2v) is 6.83. The van der Waals surface area contributed by atoms with E-state index in [0.717, 1.165) is 5.56 Å². The summed E-state index contributed by atoms with van der Waals surface area (Å²) in [6, 6.07) is 14.0. The highest BCUT2D eigenvalue weighted by molar-refractivity contribution is 6.35. The second kappa shape index (κ2) is 9.60. The zero-order chi connectivity index (χ0) is 19.1. The summed E-state index contributed by atoms with van der Waals surface area (Å²) in [6.07, 6.45) is 0.104. The molecule has 2 aromatic rings. The van der Waals surface area contributed by atoms with Crippen LogP contribution in [0.3, 0.4) is 0 Å². The topological polar surface area (TPSA) is 49.4 Å². The van der Waals surface area contributed by atoms with Gasteiger partial charge in [-0.3, -0.25) is 9.59 Å². The molecule has 2 amide bonds. The molecule has 1 N–H and O–H groups in total. The molecule has 138 valence electrons. The zero-order valence-corrected chi connectivity index (χ0v) is 16.3. The van der Waals surface area contributed by atoms with Gasteiger partial charge in [0, 0.05) is 23.1 Å². The smallest absolute Gasteiger partial charge is 0.242 e. The quantitative estimate of drug-likeness (QED) is 0.771. The molecule has 0 aromatic heterocycles. The fraction of sp³-hybridized carbons (Fsp3) is 0.300. The van der Waals surface area contributed by atoms with Crippen LogP contribution in [-0.4, -0.2) is 29.3 Å². The zero-order valence-electron chi connectivity index (χ0n) is 14.8. The SMILES string of the molecule is CCNC(=O)C(C)N(Cc1ccccc1)C(=O)Cc1ccc(Cl)cc1Cl. The Labute approximate surface area is 164 Å². The van der Waals surface area contributed by atoms with Crippen molar-refractivity contribution in [2.24, 2.45) is 0 Å². The van der Waals surface area contributed by atoms with Crippen molar-refractivity contribution in [3.8, 4) is 0 Å². The lowest BCUT2D eigenvalue weighted by molar-refractivity contribution is -0.140. The highest BCUT2D eigenvalue weighted by atomic mass is 35.5. The highest BCUT2D eigenvalue weighted by Crippen LogP contribution is 2.22. The van der Waals surface area contributed by atoms with Gasteiger partial charge < -0.3 is 10.2 Å². The number of rotatable bonds is 7. The fourth-order valence-corrected chi connectivity index (χ4v) is 3.09. The first-order valence-corrected chi connectivity index (χ1v) is 9.23. The summed E-state index contributed by atoms with van der Waals surface area (Å²) in [5.41, 5.74) is 1.64. The molecule has 0 aliphatic rings. The molecule has 2 rings (SSSR count). The lowest BCUT2D eigenvalue weighted by Crippen LogP contribution is -2.48. The van der Waals surface area contributed by atoms with Crippen molar-refractivity contribution >= 4 is 35.0 Å². The van der Waals surface area contributed by atoms with E-state index in [-0.39, 0.29) is 18.2 Å². The normalized spacial score (nSPS) is 11.7. The first-order chi connectivity index (χ1) is 12.4. The third kappa shape index (κ3) is 5.48. The minimum Gasteiger partial charge on any atom is -0.355 e. The number of hydrogen-bond acceptors (Lipinski definition) is 2. The van der Waals surface area contributed by atoms with E-state index in [0.29, 0.717) is 28.7 Å². The van der Waals surface area contributed by atoms with E-state index < -0.39 is 6.04 Å². The molecule has 1 atom stereocenters. The molecule has 0 spiro atoms. The van der Waals surface area contributed by atoms with Crippen molar-refractivity contribution in [1.82, 2.24) is 10.2 Å². The summed E-state index contributed by atoms with van der Waals surface area (Å²) in [5.74, 6) is -0.351. The van der Waals surface area contributed by atoms with Crippen molar-refractivity contribution in [1.29, 1.82) is 0 Å². The molecule has 1 unspecified atom stereocenters. The van der Waals surface area contributed by atoms with Crippen LogP contribution >= 0.6 is 23.2 Å². The minimum atomic E-state index is -0.589. The van der Waals surface area contributed by atoms with E-state index in [2.05, 4.69) is 5.32 Å². The van der Waals surface area contributed by atoms with E-state index in [1.807, 2.05) is 37.3 Å². The van der Waals surface area contributed by atoms with Gasteiger partial charge >= 0.3 is 0 Å². The van der Waals surface area contributed by atoms with Crippen molar-refractivity contribution < 1.29 is 9.59 Å². The maximum absolute atomic E-state index is 13.0. The van der Waals surface area contributed by atoms with Crippen molar-refractivity contribution in [3.63, 3.8) is 0 Å². The van der Waals surface area contributed by atoms with Crippen LogP contribution in [0.1, 0.15) is 25.0 Å². The maximum Gasteiger partial charge on any atom is 0.242 e. The van der Waals surface area contributed by atoms with Crippen LogP contribution in [0.5, 0.6) is 0 Å². The average Bonchev–Trinajstić information content (AvgIpc) is 2.62. The Kier molecular flexibility index (Phi) is 7.49. The Morgan fingerprint density at radius 3 is 2.42 bits per heavy atom. The van der Waals surface area contributed by atoms with E-state index in [1.54, 1.807) is 30.0 Å². The lowest BCUT2D eigenvalue weighted by Gasteiger charge is -2.29. The monoisotopic (exact) mass is 392 g/mol. The van der Waals surface area contributed by atoms with Crippen molar-refractivity contribution in [2.45, 2.75) is 32.9 Å². The molecular formula is C20H22Cl2N2O2. The molecule has 26 heavy (non-hydrogen) atoms. The van der Waals surface area contributed by atoms with Gasteiger partial charge in [-0.2, -0.15) is 0 Å². The van der Waals surface area contributed by atoms with Gasteiger partial charge in [0.2, 0.25) is 11.8 Å². The summed E-state index contributed by atoms with van der Waals surface area (Å²) in [5, 5.41) is 3.73. The molecule has 0 aliphatic carbocycles. The molecule has 0 saturated heterocycles. The molecule has 0 fully saturated rings. The number of carbonyl (C=O) groups is 2. The van der Waals surface area contributed by atoms with Crippen LogP contribution < -0.4 is 5.32 Å². The van der Waals surface area contributed by atoms with E-state index in [4.69, 9.17) is 23.2 Å². The average molecular weight is 393 g/mol. The summed E-state index contributed by atoms with van der Waals surface area (Å²) < 4.78 is 0. The van der Waals surface area contributed by atoms with E-state index in [1.165, 1.54) is 0 Å². The van der Waals surface area contributed by atoms with Crippen molar-refractivity contribution in [3.05, 3.63) is 69.7 Å². The number of amides is 2. The van der Waals surface area contributed by atoms with Gasteiger partial charge in [-0.05, 0) is 37.1 Å². The summed E-state index contributed by atoms with van der Waals surface area (Å²) >= 11 is 12.1. The molecule has 2 aromatic carbocycles. The number of nitrogens with zero attached hydrogens (tertiary/aromatic N) is 1. The van der Waals surface area contributed by atoms with Crippen molar-refractivity contribution in [2.75, 3.05) is 6.54 Å². The summed E-state index contributed by atoms with van der Waals surface area (Å²) in [4.78, 5) is 26.8. The number of halogens is 2. The summed E-state index contributed by atoms with van der Waals surface area (Å²) in [7, 11) is 0. The fourth-order valence-electron chi connectivity index (χ4n) is 2.61. The second-order valence-electron chi connectivity index (χ2n) is 5.99. The first-order valence-electron chi connectivity index (χ1n) is 8.47. The van der Waals surface area contributed by atoms with Crippen LogP contribution in [0, 0.1) is 0 Å². The Morgan fingerprint density at radius 2 is 1.81 bits per heavy atom. The van der Waals surface area contributed by atoms with Crippen LogP contribution in [-0.2, 0) is 22.6 Å². The molecule has 0 saturated carbocycles. The predicted molar refractivity (Wildman–Crippen MR) is 105 cm³/mol. The predicted octanol–water partition coefficient (Wildman–Crippen LogP) is 4.09. The lowest BCUT2D eigenvalue weighted by atomic mass is 10.1. The van der Waals surface area contributed by atoms with E-state index >= 15 is 0 Å². The van der Waals surface area contributed by atoms with Gasteiger partial charge in [0.05, 0.1) is 6.42 Å². The minimum absolute atomic E-state index is 0.104. The maximum atomic E-state index is 13.0. The van der Waals surface area contributed by atoms with Gasteiger partial charge in [-0.15, -0.1) is 0 Å². The first kappa shape index (κ1) is 20.3. The number of likely N-dealkylation sites (N-methyl/N-ethyl adjacent to an activating group) is 1. The molecule has 0 radical (unpaired) electrons. The van der Waals surface area contributed by atoms with Gasteiger partial charge in [-0.25, -0.2) is 0 Å². The molecule has 6 heteroatoms. The third-order valence-electron chi connectivity index (χ3n) is 4.07. The largest absolute Gasteiger partial charge is 0.355 e. The van der Waals surface area contributed by atoms with E-state index in [9.17, 15) is 9.59 Å². The Bertz CT molecular complexity index is 766. The van der Waals surface area contributed by atoms with Gasteiger partial charge in [0.15, 0.2) is 0 Å². The third-order valence-corrected chi connectivity index (χ3v) is 4.66. The Balaban J connectivity index is 2.23. The summed E-state index contributed by atoms with van der Waals surface area (Å²) in [6.45, 7) is 4.44.